The van der Waals surface area contributed by atoms with Gasteiger partial charge in [-0.2, -0.15) is 17.8 Å². The molecule has 2 aliphatic rings. The van der Waals surface area contributed by atoms with Crippen molar-refractivity contribution in [3.63, 3.8) is 0 Å². The Bertz CT molecular complexity index is 1160. The Hall–Kier alpha value is -2.79. The van der Waals surface area contributed by atoms with Gasteiger partial charge in [-0.3, -0.25) is 9.58 Å². The van der Waals surface area contributed by atoms with Gasteiger partial charge in [0.1, 0.15) is 11.4 Å². The second-order valence-electron chi connectivity index (χ2n) is 9.91. The van der Waals surface area contributed by atoms with Crippen LogP contribution in [0.3, 0.4) is 0 Å². The average Bonchev–Trinajstić information content (AvgIpc) is 3.23. The van der Waals surface area contributed by atoms with Gasteiger partial charge in [-0.1, -0.05) is 12.1 Å². The predicted octanol–water partition coefficient (Wildman–Crippen LogP) is 2.99. The fourth-order valence-corrected chi connectivity index (χ4v) is 6.28. The van der Waals surface area contributed by atoms with E-state index in [1.54, 1.807) is 22.9 Å². The molecule has 1 aromatic carbocycles. The van der Waals surface area contributed by atoms with Crippen LogP contribution < -0.4 is 9.04 Å². The molecule has 0 saturated carbocycles. The van der Waals surface area contributed by atoms with Gasteiger partial charge in [0.2, 0.25) is 0 Å². The first-order valence-electron chi connectivity index (χ1n) is 11.4. The van der Waals surface area contributed by atoms with Gasteiger partial charge in [-0.25, -0.2) is 9.10 Å². The lowest BCUT2D eigenvalue weighted by atomic mass is 10.1. The highest BCUT2D eigenvalue weighted by Crippen LogP contribution is 2.35. The summed E-state index contributed by atoms with van der Waals surface area (Å²) in [5.41, 5.74) is 1.45. The van der Waals surface area contributed by atoms with Gasteiger partial charge in [0.25, 0.3) is 0 Å². The first kappa shape index (κ1) is 24.3. The number of aromatic nitrogens is 2. The molecule has 0 aliphatic carbocycles. The third-order valence-corrected chi connectivity index (χ3v) is 8.03. The summed E-state index contributed by atoms with van der Waals surface area (Å²) in [6, 6.07) is 6.95. The molecule has 186 valence electrons. The number of carbonyl (C=O) groups excluding carboxylic acids is 1. The van der Waals surface area contributed by atoms with E-state index in [2.05, 4.69) is 5.10 Å². The molecule has 34 heavy (non-hydrogen) atoms. The number of hydrogen-bond donors (Lipinski definition) is 0. The van der Waals surface area contributed by atoms with Crippen LogP contribution in [0, 0.1) is 0 Å². The van der Waals surface area contributed by atoms with Crippen LogP contribution in [0.4, 0.5) is 10.5 Å². The fourth-order valence-electron chi connectivity index (χ4n) is 4.39. The number of benzene rings is 1. The summed E-state index contributed by atoms with van der Waals surface area (Å²) >= 11 is 0. The van der Waals surface area contributed by atoms with E-state index in [0.29, 0.717) is 24.5 Å². The second-order valence-corrected chi connectivity index (χ2v) is 11.7. The van der Waals surface area contributed by atoms with Gasteiger partial charge >= 0.3 is 16.3 Å². The molecule has 0 spiro atoms. The van der Waals surface area contributed by atoms with Crippen molar-refractivity contribution in [3.8, 4) is 5.75 Å². The minimum absolute atomic E-state index is 0.130. The number of hydrogen-bond acceptors (Lipinski definition) is 6. The lowest BCUT2D eigenvalue weighted by molar-refractivity contribution is 0.00914. The molecule has 2 aliphatic heterocycles. The molecule has 10 nitrogen and oxygen atoms in total. The Morgan fingerprint density at radius 1 is 1.12 bits per heavy atom. The molecule has 0 N–H and O–H groups in total. The van der Waals surface area contributed by atoms with Gasteiger partial charge in [0.05, 0.1) is 49.9 Å². The van der Waals surface area contributed by atoms with E-state index in [1.807, 2.05) is 58.9 Å². The molecular weight excluding hydrogens is 458 g/mol. The van der Waals surface area contributed by atoms with Crippen LogP contribution in [0.2, 0.25) is 0 Å². The van der Waals surface area contributed by atoms with Gasteiger partial charge in [-0.15, -0.1) is 0 Å². The predicted molar refractivity (Wildman–Crippen MR) is 128 cm³/mol. The summed E-state index contributed by atoms with van der Waals surface area (Å²) < 4.78 is 42.6. The zero-order valence-corrected chi connectivity index (χ0v) is 21.4. The van der Waals surface area contributed by atoms with Crippen molar-refractivity contribution in [1.29, 1.82) is 0 Å². The number of rotatable bonds is 4. The maximum absolute atomic E-state index is 13.6. The van der Waals surface area contributed by atoms with Crippen molar-refractivity contribution in [2.24, 2.45) is 0 Å². The zero-order valence-electron chi connectivity index (χ0n) is 20.6. The molecule has 1 aromatic heterocycles. The van der Waals surface area contributed by atoms with Gasteiger partial charge in [0, 0.05) is 13.1 Å². The molecule has 1 saturated heterocycles. The van der Waals surface area contributed by atoms with Crippen molar-refractivity contribution in [2.45, 2.75) is 71.9 Å². The topological polar surface area (TPSA) is 97.2 Å². The van der Waals surface area contributed by atoms with E-state index in [-0.39, 0.29) is 25.2 Å². The van der Waals surface area contributed by atoms with Crippen molar-refractivity contribution in [2.75, 3.05) is 18.0 Å². The van der Waals surface area contributed by atoms with Crippen molar-refractivity contribution in [3.05, 3.63) is 41.7 Å². The van der Waals surface area contributed by atoms with Crippen LogP contribution >= 0.6 is 0 Å². The zero-order chi connectivity index (χ0) is 24.8. The lowest BCUT2D eigenvalue weighted by Crippen LogP contribution is -2.47. The average molecular weight is 492 g/mol. The number of ether oxygens (including phenoxy) is 2. The minimum Gasteiger partial charge on any atom is -0.497 e. The third-order valence-electron chi connectivity index (χ3n) is 6.04. The number of fused-ring (bicyclic) bond motifs is 1. The van der Waals surface area contributed by atoms with E-state index < -0.39 is 21.9 Å². The van der Waals surface area contributed by atoms with E-state index in [4.69, 9.17) is 9.47 Å². The van der Waals surface area contributed by atoms with E-state index in [9.17, 15) is 13.2 Å². The van der Waals surface area contributed by atoms with Crippen molar-refractivity contribution >= 4 is 22.0 Å². The lowest BCUT2D eigenvalue weighted by Gasteiger charge is -2.36. The normalized spacial score (nSPS) is 22.5. The monoisotopic (exact) mass is 491 g/mol. The number of anilines is 1. The Balaban J connectivity index is 1.59. The molecule has 1 amide bonds. The van der Waals surface area contributed by atoms with Gasteiger partial charge < -0.3 is 9.47 Å². The van der Waals surface area contributed by atoms with Gasteiger partial charge in [0.15, 0.2) is 0 Å². The maximum atomic E-state index is 13.6. The van der Waals surface area contributed by atoms with Crippen LogP contribution in [0.15, 0.2) is 30.5 Å². The molecule has 3 heterocycles. The standard InChI is InChI=1S/C23H33N5O5S/c1-16-13-27-21(15-26(16)22(29)33-23(3,4)5)20(11-24-27)28-17(2)12-25(34(28,30)31)14-18-7-9-19(32-6)10-8-18/h7-11,16-17H,12-15H2,1-6H3/t16-,17-/m0/s1. The molecule has 11 heteroatoms. The molecule has 0 radical (unpaired) electrons. The fraction of sp³-hybridized carbons (Fsp3) is 0.565. The highest BCUT2D eigenvalue weighted by Gasteiger charge is 2.44. The summed E-state index contributed by atoms with van der Waals surface area (Å²) in [5.74, 6) is 0.721. The van der Waals surface area contributed by atoms with E-state index in [0.717, 1.165) is 11.3 Å². The minimum atomic E-state index is -3.78. The van der Waals surface area contributed by atoms with Crippen molar-refractivity contribution < 1.29 is 22.7 Å². The molecule has 1 fully saturated rings. The number of carbonyl (C=O) groups is 1. The molecule has 2 atom stereocenters. The Labute approximate surface area is 201 Å². The summed E-state index contributed by atoms with van der Waals surface area (Å²) in [5, 5.41) is 4.45. The second kappa shape index (κ2) is 8.77. The first-order valence-corrected chi connectivity index (χ1v) is 12.8. The number of nitrogens with zero attached hydrogens (tertiary/aromatic N) is 5. The molecule has 4 rings (SSSR count). The smallest absolute Gasteiger partial charge is 0.410 e. The van der Waals surface area contributed by atoms with Crippen LogP contribution in [0.1, 0.15) is 45.9 Å². The van der Waals surface area contributed by atoms with Crippen LogP contribution in [0.5, 0.6) is 5.75 Å². The third kappa shape index (κ3) is 4.58. The summed E-state index contributed by atoms with van der Waals surface area (Å²) in [6.07, 6.45) is 1.17. The summed E-state index contributed by atoms with van der Waals surface area (Å²) in [4.78, 5) is 14.4. The quantitative estimate of drug-likeness (QED) is 0.652. The Morgan fingerprint density at radius 2 is 1.79 bits per heavy atom. The highest BCUT2D eigenvalue weighted by molar-refractivity contribution is 7.90. The molecular formula is C23H33N5O5S. The summed E-state index contributed by atoms with van der Waals surface area (Å²) in [6.45, 7) is 10.6. The van der Waals surface area contributed by atoms with Crippen LogP contribution in [-0.2, 0) is 34.6 Å². The van der Waals surface area contributed by atoms with E-state index in [1.165, 1.54) is 8.61 Å². The Kier molecular flexibility index (Phi) is 6.28. The number of methoxy groups -OCH3 is 1. The molecule has 0 bridgehead atoms. The Morgan fingerprint density at radius 3 is 2.41 bits per heavy atom. The highest BCUT2D eigenvalue weighted by atomic mass is 32.2. The van der Waals surface area contributed by atoms with Crippen LogP contribution in [-0.4, -0.2) is 64.8 Å². The largest absolute Gasteiger partial charge is 0.497 e. The molecule has 0 unspecified atom stereocenters. The number of amides is 1. The van der Waals surface area contributed by atoms with Gasteiger partial charge in [-0.05, 0) is 52.3 Å². The van der Waals surface area contributed by atoms with Crippen LogP contribution in [0.25, 0.3) is 0 Å². The first-order chi connectivity index (χ1) is 15.9. The summed E-state index contributed by atoms with van der Waals surface area (Å²) in [7, 11) is -2.19. The maximum Gasteiger partial charge on any atom is 0.410 e. The molecule has 2 aromatic rings. The van der Waals surface area contributed by atoms with E-state index >= 15 is 0 Å². The SMILES string of the molecule is COc1ccc(CN2C[C@H](C)N(c3cnn4c3CN(C(=O)OC(C)(C)C)[C@@H](C)C4)S2(=O)=O)cc1. The van der Waals surface area contributed by atoms with Crippen molar-refractivity contribution in [1.82, 2.24) is 19.0 Å².